The lowest BCUT2D eigenvalue weighted by atomic mass is 10.1. The molecule has 4 bridgehead atoms. The van der Waals surface area contributed by atoms with Crippen LogP contribution < -0.4 is 25.7 Å². The van der Waals surface area contributed by atoms with Crippen molar-refractivity contribution in [3.8, 4) is 11.5 Å². The molecule has 14 nitrogen and oxygen atoms in total. The molecule has 0 unspecified atom stereocenters. The lowest BCUT2D eigenvalue weighted by Crippen LogP contribution is -2.45. The van der Waals surface area contributed by atoms with Gasteiger partial charge in [-0.2, -0.15) is 0 Å². The van der Waals surface area contributed by atoms with Crippen molar-refractivity contribution in [3.05, 3.63) is 100 Å². The number of hydrogen-bond acceptors (Lipinski definition) is 9. The molecule has 2 fully saturated rings. The fourth-order valence-electron chi connectivity index (χ4n) is 6.76. The molecule has 4 aromatic rings. The Kier molecular flexibility index (Phi) is 10.2. The van der Waals surface area contributed by atoms with Crippen LogP contribution in [0.2, 0.25) is 0 Å². The lowest BCUT2D eigenvalue weighted by Gasteiger charge is -2.22. The summed E-state index contributed by atoms with van der Waals surface area (Å²) in [6.45, 7) is 3.19. The van der Waals surface area contributed by atoms with Gasteiger partial charge in [0.2, 0.25) is 5.91 Å². The summed E-state index contributed by atoms with van der Waals surface area (Å²) in [6.07, 6.45) is 1.72. The largest absolute Gasteiger partial charge is 0.486 e. The number of likely N-dealkylation sites (N-methyl/N-ethyl adjacent to an activating group) is 1. The van der Waals surface area contributed by atoms with Gasteiger partial charge in [-0.1, -0.05) is 24.3 Å². The number of likely N-dealkylation sites (tertiary alicyclic amines) is 1. The number of para-hydroxylation sites is 1. The second kappa shape index (κ2) is 15.2. The van der Waals surface area contributed by atoms with E-state index in [2.05, 4.69) is 20.5 Å². The summed E-state index contributed by atoms with van der Waals surface area (Å²) in [6, 6.07) is 18.3. The normalized spacial score (nSPS) is 19.9. The molecule has 0 spiro atoms. The van der Waals surface area contributed by atoms with Crippen molar-refractivity contribution in [1.29, 1.82) is 0 Å². The van der Waals surface area contributed by atoms with Crippen LogP contribution in [-0.4, -0.2) is 113 Å². The number of benzene rings is 3. The Morgan fingerprint density at radius 3 is 2.58 bits per heavy atom. The molecule has 0 saturated carbocycles. The smallest absolute Gasteiger partial charge is 0.261 e. The van der Waals surface area contributed by atoms with Crippen LogP contribution in [0.4, 0.5) is 0 Å². The number of aryl methyl sites for hydroxylation is 1. The molecular weight excluding hydrogens is 666 g/mol. The topological polar surface area (TPSA) is 155 Å². The molecule has 8 rings (SSSR count). The van der Waals surface area contributed by atoms with E-state index in [0.29, 0.717) is 29.7 Å². The number of nitrogens with zero attached hydrogens (tertiary/aromatic N) is 5. The first kappa shape index (κ1) is 34.7. The first-order chi connectivity index (χ1) is 25.2. The van der Waals surface area contributed by atoms with Crippen LogP contribution in [0.5, 0.6) is 11.5 Å². The monoisotopic (exact) mass is 707 g/mol. The van der Waals surface area contributed by atoms with Crippen LogP contribution in [0, 0.1) is 0 Å². The Morgan fingerprint density at radius 2 is 1.73 bits per heavy atom. The van der Waals surface area contributed by atoms with Crippen molar-refractivity contribution < 1.29 is 28.7 Å². The van der Waals surface area contributed by atoms with Crippen LogP contribution >= 0.6 is 0 Å². The third-order valence-corrected chi connectivity index (χ3v) is 9.73. The van der Waals surface area contributed by atoms with Crippen molar-refractivity contribution in [2.75, 3.05) is 52.9 Å². The quantitative estimate of drug-likeness (QED) is 0.322. The molecule has 3 aromatic carbocycles. The molecule has 4 amide bonds. The fraction of sp³-hybridized carbons (Fsp3) is 0.368. The van der Waals surface area contributed by atoms with Gasteiger partial charge in [0.1, 0.15) is 17.6 Å². The Balaban J connectivity index is 1.13. The molecule has 0 aliphatic carbocycles. The number of ether oxygens (including phenoxy) is 2. The molecule has 5 heterocycles. The highest BCUT2D eigenvalue weighted by atomic mass is 16.5. The maximum Gasteiger partial charge on any atom is 0.261 e. The van der Waals surface area contributed by atoms with Gasteiger partial charge in [0.25, 0.3) is 23.3 Å². The summed E-state index contributed by atoms with van der Waals surface area (Å²) in [7, 11) is 2.02. The molecule has 2 saturated heterocycles. The Bertz CT molecular complexity index is 2050. The number of fused-ring (bicyclic) bond motifs is 8. The number of amides is 4. The van der Waals surface area contributed by atoms with Gasteiger partial charge in [0.05, 0.1) is 29.8 Å². The number of carbonyl (C=O) groups is 4. The number of nitrogens with one attached hydrogen (secondary N) is 2. The minimum atomic E-state index is -0.606. The van der Waals surface area contributed by atoms with E-state index in [9.17, 15) is 24.0 Å². The number of aromatic nitrogens is 2. The van der Waals surface area contributed by atoms with E-state index in [1.165, 1.54) is 23.0 Å². The van der Waals surface area contributed by atoms with Crippen molar-refractivity contribution in [3.63, 3.8) is 0 Å². The molecular formula is C38H41N7O7. The highest BCUT2D eigenvalue weighted by Crippen LogP contribution is 2.24. The highest BCUT2D eigenvalue weighted by Gasteiger charge is 2.38. The zero-order valence-corrected chi connectivity index (χ0v) is 29.0. The van der Waals surface area contributed by atoms with Crippen LogP contribution in [-0.2, 0) is 22.7 Å². The molecule has 2 N–H and O–H groups in total. The van der Waals surface area contributed by atoms with Crippen molar-refractivity contribution >= 4 is 34.5 Å². The Hall–Kier alpha value is -5.76. The predicted molar refractivity (Wildman–Crippen MR) is 191 cm³/mol. The third kappa shape index (κ3) is 7.91. The maximum absolute atomic E-state index is 14.0. The van der Waals surface area contributed by atoms with E-state index in [1.807, 2.05) is 25.2 Å². The average Bonchev–Trinajstić information content (AvgIpc) is 3.41. The molecule has 270 valence electrons. The summed E-state index contributed by atoms with van der Waals surface area (Å²) in [5, 5.41) is 6.35. The minimum Gasteiger partial charge on any atom is -0.486 e. The van der Waals surface area contributed by atoms with E-state index >= 15 is 0 Å². The standard InChI is InChI=1S/C38H41N7O7/c1-42-12-4-13-43(16-15-42)37(49)27-17-26-18-29(19-27)51-23-34(46)39-20-25-7-9-28(10-8-25)52-33-22-45(21-32(33)41-36(26)48)35(47)11-14-44-24-40-31-6-3-2-5-30(31)38(44)50/h2-3,5-10,17-19,24,32-33H,4,11-16,20-23H2,1H3,(H,39,46)(H,41,48)/t32-,33-/m0/s1. The average molecular weight is 708 g/mol. The summed E-state index contributed by atoms with van der Waals surface area (Å²) in [5.41, 5.74) is 1.66. The number of rotatable bonds is 4. The summed E-state index contributed by atoms with van der Waals surface area (Å²) >= 11 is 0. The van der Waals surface area contributed by atoms with E-state index in [-0.39, 0.29) is 79.4 Å². The van der Waals surface area contributed by atoms with Crippen molar-refractivity contribution in [1.82, 2.24) is 34.9 Å². The number of hydrogen-bond donors (Lipinski definition) is 2. The van der Waals surface area contributed by atoms with Crippen LogP contribution in [0.3, 0.4) is 0 Å². The van der Waals surface area contributed by atoms with E-state index < -0.39 is 18.1 Å². The van der Waals surface area contributed by atoms with Gasteiger partial charge in [-0.15, -0.1) is 0 Å². The molecule has 1 aromatic heterocycles. The van der Waals surface area contributed by atoms with Crippen LogP contribution in [0.15, 0.2) is 77.9 Å². The van der Waals surface area contributed by atoms with Crippen molar-refractivity contribution in [2.24, 2.45) is 0 Å². The maximum atomic E-state index is 14.0. The lowest BCUT2D eigenvalue weighted by molar-refractivity contribution is -0.130. The van der Waals surface area contributed by atoms with E-state index in [0.717, 1.165) is 25.1 Å². The summed E-state index contributed by atoms with van der Waals surface area (Å²) < 4.78 is 13.6. The van der Waals surface area contributed by atoms with Gasteiger partial charge in [0.15, 0.2) is 6.61 Å². The van der Waals surface area contributed by atoms with Gasteiger partial charge in [-0.3, -0.25) is 28.5 Å². The molecule has 0 radical (unpaired) electrons. The van der Waals surface area contributed by atoms with Crippen LogP contribution in [0.1, 0.15) is 39.1 Å². The minimum absolute atomic E-state index is 0.0465. The number of carbonyl (C=O) groups excluding carboxylic acids is 4. The molecule has 4 aliphatic heterocycles. The first-order valence-electron chi connectivity index (χ1n) is 17.5. The highest BCUT2D eigenvalue weighted by molar-refractivity contribution is 6.00. The first-order valence-corrected chi connectivity index (χ1v) is 17.5. The van der Waals surface area contributed by atoms with E-state index in [4.69, 9.17) is 9.47 Å². The predicted octanol–water partition coefficient (Wildman–Crippen LogP) is 1.66. The third-order valence-electron chi connectivity index (χ3n) is 9.73. The fourth-order valence-corrected chi connectivity index (χ4v) is 6.76. The summed E-state index contributed by atoms with van der Waals surface area (Å²) in [5.74, 6) is -0.532. The Morgan fingerprint density at radius 1 is 0.904 bits per heavy atom. The van der Waals surface area contributed by atoms with Gasteiger partial charge < -0.3 is 34.8 Å². The SMILES string of the molecule is CN1CCCN(C(=O)c2cc3cc(c2)C(=O)N[C@H]2CN(C(=O)CCn4cnc5ccccc5c4=O)C[C@@H]2Oc2ccc(cc2)CNC(=O)CO3)CC1. The molecule has 2 atom stereocenters. The molecule has 4 aliphatic rings. The summed E-state index contributed by atoms with van der Waals surface area (Å²) in [4.78, 5) is 76.9. The second-order valence-corrected chi connectivity index (χ2v) is 13.4. The Labute approximate surface area is 300 Å². The van der Waals surface area contributed by atoms with Gasteiger partial charge in [0, 0.05) is 56.8 Å². The van der Waals surface area contributed by atoms with Gasteiger partial charge >= 0.3 is 0 Å². The zero-order chi connectivity index (χ0) is 36.2. The second-order valence-electron chi connectivity index (χ2n) is 13.4. The van der Waals surface area contributed by atoms with Crippen LogP contribution in [0.25, 0.3) is 10.9 Å². The van der Waals surface area contributed by atoms with E-state index in [1.54, 1.807) is 46.2 Å². The van der Waals surface area contributed by atoms with Gasteiger partial charge in [-0.05, 0) is 68.0 Å². The van der Waals surface area contributed by atoms with Crippen molar-refractivity contribution in [2.45, 2.75) is 38.1 Å². The molecule has 52 heavy (non-hydrogen) atoms. The molecule has 14 heteroatoms. The van der Waals surface area contributed by atoms with Gasteiger partial charge in [-0.25, -0.2) is 4.98 Å². The zero-order valence-electron chi connectivity index (χ0n) is 29.0.